The molecule has 0 aliphatic carbocycles. The van der Waals surface area contributed by atoms with E-state index in [0.717, 1.165) is 25.6 Å². The van der Waals surface area contributed by atoms with Crippen molar-refractivity contribution in [1.29, 1.82) is 0 Å². The zero-order valence-electron chi connectivity index (χ0n) is 17.6. The summed E-state index contributed by atoms with van der Waals surface area (Å²) >= 11 is 12.0. The van der Waals surface area contributed by atoms with Gasteiger partial charge in [-0.3, -0.25) is 25.8 Å². The molecule has 3 aromatic rings. The number of benzene rings is 3. The number of nitrogens with one attached hydrogen (secondary N) is 3. The van der Waals surface area contributed by atoms with Crippen LogP contribution in [0.3, 0.4) is 0 Å². The third kappa shape index (κ3) is 7.12. The van der Waals surface area contributed by atoms with E-state index in [4.69, 9.17) is 17.0 Å². The van der Waals surface area contributed by atoms with Gasteiger partial charge in [-0.05, 0) is 63.9 Å². The SMILES string of the molecule is Cc1cc(Br)cc(Br)c1OCC(=O)NC(=S)NNC(=O)C(c1ccccc1)c1ccccc1. The lowest BCUT2D eigenvalue weighted by Crippen LogP contribution is -2.50. The van der Waals surface area contributed by atoms with Gasteiger partial charge in [0.25, 0.3) is 5.91 Å². The smallest absolute Gasteiger partial charge is 0.264 e. The summed E-state index contributed by atoms with van der Waals surface area (Å²) in [7, 11) is 0. The molecule has 33 heavy (non-hydrogen) atoms. The fraction of sp³-hybridized carbons (Fsp3) is 0.125. The van der Waals surface area contributed by atoms with Gasteiger partial charge in [0.1, 0.15) is 5.75 Å². The maximum atomic E-state index is 13.0. The van der Waals surface area contributed by atoms with Crippen LogP contribution in [0.5, 0.6) is 5.75 Å². The fourth-order valence-electron chi connectivity index (χ4n) is 3.18. The lowest BCUT2D eigenvalue weighted by atomic mass is 9.91. The molecule has 0 saturated heterocycles. The highest BCUT2D eigenvalue weighted by atomic mass is 79.9. The summed E-state index contributed by atoms with van der Waals surface area (Å²) in [5, 5.41) is 2.45. The molecule has 6 nitrogen and oxygen atoms in total. The van der Waals surface area contributed by atoms with Crippen LogP contribution in [0.1, 0.15) is 22.6 Å². The fourth-order valence-corrected chi connectivity index (χ4v) is 4.90. The van der Waals surface area contributed by atoms with Crippen LogP contribution in [0.25, 0.3) is 0 Å². The van der Waals surface area contributed by atoms with E-state index >= 15 is 0 Å². The second kappa shape index (κ2) is 11.9. The normalized spacial score (nSPS) is 10.4. The number of thiocarbonyl (C=S) groups is 1. The van der Waals surface area contributed by atoms with E-state index in [0.29, 0.717) is 5.75 Å². The van der Waals surface area contributed by atoms with Gasteiger partial charge in [-0.15, -0.1) is 0 Å². The summed E-state index contributed by atoms with van der Waals surface area (Å²) in [6.45, 7) is 1.63. The highest BCUT2D eigenvalue weighted by Gasteiger charge is 2.22. The average Bonchev–Trinajstić information content (AvgIpc) is 2.78. The largest absolute Gasteiger partial charge is 0.482 e. The molecule has 9 heteroatoms. The number of carbonyl (C=O) groups is 2. The molecule has 0 saturated carbocycles. The van der Waals surface area contributed by atoms with E-state index in [1.54, 1.807) is 0 Å². The number of ether oxygens (including phenoxy) is 1. The zero-order chi connectivity index (χ0) is 23.8. The quantitative estimate of drug-likeness (QED) is 0.285. The zero-order valence-corrected chi connectivity index (χ0v) is 21.6. The Balaban J connectivity index is 1.56. The molecule has 0 radical (unpaired) electrons. The summed E-state index contributed by atoms with van der Waals surface area (Å²) in [6.07, 6.45) is 0. The van der Waals surface area contributed by atoms with Crippen molar-refractivity contribution in [3.05, 3.63) is 98.4 Å². The van der Waals surface area contributed by atoms with Crippen molar-refractivity contribution < 1.29 is 14.3 Å². The first-order chi connectivity index (χ1) is 15.8. The van der Waals surface area contributed by atoms with Gasteiger partial charge < -0.3 is 4.74 Å². The van der Waals surface area contributed by atoms with E-state index < -0.39 is 11.8 Å². The Morgan fingerprint density at radius 1 is 0.939 bits per heavy atom. The van der Waals surface area contributed by atoms with E-state index in [2.05, 4.69) is 48.0 Å². The third-order valence-corrected chi connectivity index (χ3v) is 5.87. The number of hydrogen-bond donors (Lipinski definition) is 3. The Morgan fingerprint density at radius 2 is 1.52 bits per heavy atom. The van der Waals surface area contributed by atoms with Gasteiger partial charge in [0.2, 0.25) is 5.91 Å². The Bertz CT molecular complexity index is 1080. The number of halogens is 2. The molecule has 0 aliphatic heterocycles. The average molecular weight is 591 g/mol. The van der Waals surface area contributed by atoms with Gasteiger partial charge in [0, 0.05) is 4.47 Å². The predicted molar refractivity (Wildman–Crippen MR) is 139 cm³/mol. The van der Waals surface area contributed by atoms with Crippen LogP contribution in [0.15, 0.2) is 81.7 Å². The lowest BCUT2D eigenvalue weighted by molar-refractivity contribution is -0.123. The predicted octanol–water partition coefficient (Wildman–Crippen LogP) is 4.75. The van der Waals surface area contributed by atoms with E-state index in [9.17, 15) is 9.59 Å². The van der Waals surface area contributed by atoms with Crippen LogP contribution in [0.2, 0.25) is 0 Å². The van der Waals surface area contributed by atoms with Gasteiger partial charge in [0.05, 0.1) is 10.4 Å². The van der Waals surface area contributed by atoms with Crippen molar-refractivity contribution >= 4 is 61.0 Å². The maximum Gasteiger partial charge on any atom is 0.264 e. The van der Waals surface area contributed by atoms with E-state index in [-0.39, 0.29) is 17.6 Å². The molecule has 0 unspecified atom stereocenters. The van der Waals surface area contributed by atoms with Crippen molar-refractivity contribution in [3.63, 3.8) is 0 Å². The number of hydrazine groups is 1. The molecular weight excluding hydrogens is 570 g/mol. The van der Waals surface area contributed by atoms with Crippen molar-refractivity contribution in [1.82, 2.24) is 16.2 Å². The number of carbonyl (C=O) groups excluding carboxylic acids is 2. The molecule has 0 aromatic heterocycles. The molecule has 3 rings (SSSR count). The molecule has 3 N–H and O–H groups in total. The van der Waals surface area contributed by atoms with Gasteiger partial charge in [-0.2, -0.15) is 0 Å². The van der Waals surface area contributed by atoms with Crippen LogP contribution in [0.4, 0.5) is 0 Å². The molecule has 0 aliphatic rings. The molecule has 3 aromatic carbocycles. The monoisotopic (exact) mass is 589 g/mol. The molecule has 0 bridgehead atoms. The molecule has 0 spiro atoms. The first-order valence-electron chi connectivity index (χ1n) is 9.93. The van der Waals surface area contributed by atoms with Gasteiger partial charge in [-0.25, -0.2) is 0 Å². The van der Waals surface area contributed by atoms with Crippen LogP contribution in [0, 0.1) is 6.92 Å². The minimum Gasteiger partial charge on any atom is -0.482 e. The summed E-state index contributed by atoms with van der Waals surface area (Å²) in [4.78, 5) is 25.2. The number of aryl methyl sites for hydroxylation is 1. The molecular formula is C24H21Br2N3O3S. The Labute approximate surface area is 214 Å². The first kappa shape index (κ1) is 24.9. The number of hydrogen-bond acceptors (Lipinski definition) is 4. The molecule has 0 fully saturated rings. The number of rotatable bonds is 6. The van der Waals surface area contributed by atoms with E-state index in [1.165, 1.54) is 0 Å². The minimum atomic E-state index is -0.542. The van der Waals surface area contributed by atoms with Crippen molar-refractivity contribution in [3.8, 4) is 5.75 Å². The lowest BCUT2D eigenvalue weighted by Gasteiger charge is -2.19. The Morgan fingerprint density at radius 3 is 2.06 bits per heavy atom. The molecule has 0 atom stereocenters. The first-order valence-corrected chi connectivity index (χ1v) is 11.9. The van der Waals surface area contributed by atoms with E-state index in [1.807, 2.05) is 79.7 Å². The maximum absolute atomic E-state index is 13.0. The standard InChI is InChI=1S/C24H21Br2N3O3S/c1-15-12-18(25)13-19(26)22(15)32-14-20(30)27-24(33)29-28-23(31)21(16-8-4-2-5-9-16)17-10-6-3-7-11-17/h2-13,21H,14H2,1H3,(H,28,31)(H2,27,29,30,33). The van der Waals surface area contributed by atoms with Crippen molar-refractivity contribution in [2.45, 2.75) is 12.8 Å². The summed E-state index contributed by atoms with van der Waals surface area (Å²) in [5.74, 6) is -0.748. The Kier molecular flexibility index (Phi) is 8.99. The highest BCUT2D eigenvalue weighted by Crippen LogP contribution is 2.32. The van der Waals surface area contributed by atoms with Crippen LogP contribution in [-0.4, -0.2) is 23.5 Å². The molecule has 2 amide bonds. The highest BCUT2D eigenvalue weighted by molar-refractivity contribution is 9.11. The van der Waals surface area contributed by atoms with Crippen molar-refractivity contribution in [2.75, 3.05) is 6.61 Å². The summed E-state index contributed by atoms with van der Waals surface area (Å²) in [5.41, 5.74) is 7.71. The van der Waals surface area contributed by atoms with Crippen LogP contribution >= 0.6 is 44.1 Å². The molecule has 170 valence electrons. The second-order valence-corrected chi connectivity index (χ2v) is 9.25. The molecule has 0 heterocycles. The van der Waals surface area contributed by atoms with Crippen LogP contribution in [-0.2, 0) is 9.59 Å². The summed E-state index contributed by atoms with van der Waals surface area (Å²) < 4.78 is 7.23. The number of amides is 2. The van der Waals surface area contributed by atoms with Gasteiger partial charge in [0.15, 0.2) is 11.7 Å². The van der Waals surface area contributed by atoms with Gasteiger partial charge >= 0.3 is 0 Å². The van der Waals surface area contributed by atoms with Crippen molar-refractivity contribution in [2.24, 2.45) is 0 Å². The Hall–Kier alpha value is -2.75. The van der Waals surface area contributed by atoms with Crippen LogP contribution < -0.4 is 20.9 Å². The topological polar surface area (TPSA) is 79.5 Å². The third-order valence-electron chi connectivity index (χ3n) is 4.62. The minimum absolute atomic E-state index is 0.0385. The summed E-state index contributed by atoms with van der Waals surface area (Å²) in [6, 6.07) is 22.6. The second-order valence-electron chi connectivity index (χ2n) is 7.07. The van der Waals surface area contributed by atoms with Gasteiger partial charge in [-0.1, -0.05) is 76.6 Å².